The van der Waals surface area contributed by atoms with Crippen molar-refractivity contribution in [3.63, 3.8) is 0 Å². The first-order valence-corrected chi connectivity index (χ1v) is 6.81. The Balaban J connectivity index is 1.89. The van der Waals surface area contributed by atoms with Crippen LogP contribution in [0.1, 0.15) is 27.7 Å². The molecule has 2 rings (SSSR count). The quantitative estimate of drug-likeness (QED) is 0.755. The molecule has 0 aliphatic carbocycles. The Bertz CT molecular complexity index is 373. The van der Waals surface area contributed by atoms with Crippen LogP contribution in [-0.4, -0.2) is 65.7 Å². The van der Waals surface area contributed by atoms with Crippen molar-refractivity contribution in [2.45, 2.75) is 45.4 Å². The fraction of sp³-hybridized carbons (Fsp3) is 0.846. The van der Waals surface area contributed by atoms with Crippen LogP contribution in [0.2, 0.25) is 0 Å². The Labute approximate surface area is 114 Å². The smallest absolute Gasteiger partial charge is 0.325 e. The predicted octanol–water partition coefficient (Wildman–Crippen LogP) is 0.426. The summed E-state index contributed by atoms with van der Waals surface area (Å²) in [6.07, 6.45) is 0.395. The zero-order valence-electron chi connectivity index (χ0n) is 12.1. The van der Waals surface area contributed by atoms with E-state index in [0.717, 1.165) is 13.1 Å². The molecule has 0 saturated carbocycles. The number of hydrogen-bond acceptors (Lipinski definition) is 4. The molecule has 0 aromatic carbocycles. The summed E-state index contributed by atoms with van der Waals surface area (Å²) in [7, 11) is 0. The maximum absolute atomic E-state index is 12.0. The van der Waals surface area contributed by atoms with E-state index >= 15 is 0 Å². The molecular weight excluding hydrogens is 246 g/mol. The van der Waals surface area contributed by atoms with Crippen LogP contribution in [0.15, 0.2) is 0 Å². The molecule has 2 aliphatic rings. The molecular formula is C13H23N3O3. The summed E-state index contributed by atoms with van der Waals surface area (Å²) in [6, 6.07) is -0.288. The third-order valence-electron chi connectivity index (χ3n) is 3.58. The van der Waals surface area contributed by atoms with Crippen molar-refractivity contribution in [3.05, 3.63) is 0 Å². The van der Waals surface area contributed by atoms with Gasteiger partial charge in [-0.1, -0.05) is 0 Å². The van der Waals surface area contributed by atoms with Gasteiger partial charge in [-0.2, -0.15) is 0 Å². The summed E-state index contributed by atoms with van der Waals surface area (Å²) >= 11 is 0. The highest BCUT2D eigenvalue weighted by atomic mass is 16.5. The molecule has 2 saturated heterocycles. The van der Waals surface area contributed by atoms with Gasteiger partial charge in [0.05, 0.1) is 12.2 Å². The minimum atomic E-state index is -0.775. The second-order valence-electron chi connectivity index (χ2n) is 6.03. The topological polar surface area (TPSA) is 61.9 Å². The maximum atomic E-state index is 12.0. The lowest BCUT2D eigenvalue weighted by molar-refractivity contribution is -0.130. The van der Waals surface area contributed by atoms with E-state index in [1.54, 1.807) is 13.8 Å². The van der Waals surface area contributed by atoms with Crippen molar-refractivity contribution in [2.75, 3.05) is 26.2 Å². The van der Waals surface area contributed by atoms with E-state index in [1.807, 2.05) is 13.8 Å². The largest absolute Gasteiger partial charge is 0.373 e. The first-order valence-electron chi connectivity index (χ1n) is 6.81. The fourth-order valence-corrected chi connectivity index (χ4v) is 2.73. The molecule has 0 aromatic heterocycles. The number of carbonyl (C=O) groups is 2. The molecule has 2 atom stereocenters. The molecule has 108 valence electrons. The lowest BCUT2D eigenvalue weighted by Crippen LogP contribution is -2.48. The Hall–Kier alpha value is -1.14. The van der Waals surface area contributed by atoms with Gasteiger partial charge in [-0.15, -0.1) is 0 Å². The molecule has 2 aliphatic heterocycles. The molecule has 0 unspecified atom stereocenters. The van der Waals surface area contributed by atoms with Crippen LogP contribution in [0.3, 0.4) is 0 Å². The Morgan fingerprint density at radius 2 is 1.79 bits per heavy atom. The first kappa shape index (κ1) is 14.3. The van der Waals surface area contributed by atoms with Gasteiger partial charge in [0.15, 0.2) is 0 Å². The lowest BCUT2D eigenvalue weighted by Gasteiger charge is -2.35. The van der Waals surface area contributed by atoms with E-state index in [9.17, 15) is 9.59 Å². The van der Waals surface area contributed by atoms with Crippen LogP contribution >= 0.6 is 0 Å². The fourth-order valence-electron chi connectivity index (χ4n) is 2.73. The van der Waals surface area contributed by atoms with Gasteiger partial charge in [0, 0.05) is 26.2 Å². The number of ether oxygens (including phenoxy) is 1. The Morgan fingerprint density at radius 3 is 2.26 bits per heavy atom. The van der Waals surface area contributed by atoms with Gasteiger partial charge in [-0.3, -0.25) is 14.6 Å². The highest BCUT2D eigenvalue weighted by molar-refractivity contribution is 6.06. The molecule has 0 spiro atoms. The van der Waals surface area contributed by atoms with E-state index < -0.39 is 5.54 Å². The van der Waals surface area contributed by atoms with E-state index in [1.165, 1.54) is 4.90 Å². The summed E-state index contributed by atoms with van der Waals surface area (Å²) in [5.41, 5.74) is -0.775. The van der Waals surface area contributed by atoms with Crippen molar-refractivity contribution in [2.24, 2.45) is 0 Å². The summed E-state index contributed by atoms with van der Waals surface area (Å²) < 4.78 is 5.66. The van der Waals surface area contributed by atoms with E-state index in [-0.39, 0.29) is 24.1 Å². The minimum absolute atomic E-state index is 0.146. The Kier molecular flexibility index (Phi) is 3.82. The molecule has 3 amide bonds. The number of urea groups is 1. The number of morpholine rings is 1. The minimum Gasteiger partial charge on any atom is -0.373 e. The maximum Gasteiger partial charge on any atom is 0.325 e. The van der Waals surface area contributed by atoms with Crippen LogP contribution < -0.4 is 5.32 Å². The average molecular weight is 269 g/mol. The number of hydrogen-bond donors (Lipinski definition) is 1. The van der Waals surface area contributed by atoms with Gasteiger partial charge < -0.3 is 10.1 Å². The van der Waals surface area contributed by atoms with E-state index in [0.29, 0.717) is 13.1 Å². The van der Waals surface area contributed by atoms with Gasteiger partial charge in [-0.05, 0) is 27.7 Å². The number of carbonyl (C=O) groups excluding carboxylic acids is 2. The highest BCUT2D eigenvalue weighted by Gasteiger charge is 2.44. The van der Waals surface area contributed by atoms with E-state index in [2.05, 4.69) is 10.2 Å². The molecule has 0 aromatic rings. The second-order valence-corrected chi connectivity index (χ2v) is 6.03. The van der Waals surface area contributed by atoms with Gasteiger partial charge in [0.2, 0.25) is 0 Å². The van der Waals surface area contributed by atoms with Crippen molar-refractivity contribution >= 4 is 11.9 Å². The first-order chi connectivity index (χ1) is 8.79. The molecule has 19 heavy (non-hydrogen) atoms. The molecule has 0 bridgehead atoms. The molecule has 6 heteroatoms. The number of imide groups is 1. The van der Waals surface area contributed by atoms with Gasteiger partial charge in [0.1, 0.15) is 5.54 Å². The number of nitrogens with one attached hydrogen (secondary N) is 1. The number of rotatable bonds is 3. The SMILES string of the molecule is C[C@H]1CN(CCN2C(=O)NC(C)(C)C2=O)C[C@H](C)O1. The summed E-state index contributed by atoms with van der Waals surface area (Å²) in [5, 5.41) is 2.69. The number of nitrogens with zero attached hydrogens (tertiary/aromatic N) is 2. The summed E-state index contributed by atoms with van der Waals surface area (Å²) in [5.74, 6) is -0.146. The monoisotopic (exact) mass is 269 g/mol. The van der Waals surface area contributed by atoms with Gasteiger partial charge >= 0.3 is 6.03 Å². The molecule has 0 radical (unpaired) electrons. The number of amides is 3. The average Bonchev–Trinajstić information content (AvgIpc) is 2.45. The van der Waals surface area contributed by atoms with Gasteiger partial charge in [-0.25, -0.2) is 4.79 Å². The third-order valence-corrected chi connectivity index (χ3v) is 3.58. The zero-order valence-corrected chi connectivity index (χ0v) is 12.1. The standard InChI is InChI=1S/C13H23N3O3/c1-9-7-15(8-10(2)19-9)5-6-16-11(17)13(3,4)14-12(16)18/h9-10H,5-8H2,1-4H3,(H,14,18)/t9-,10-/m0/s1. The van der Waals surface area contributed by atoms with Crippen molar-refractivity contribution in [3.8, 4) is 0 Å². The predicted molar refractivity (Wildman–Crippen MR) is 70.8 cm³/mol. The van der Waals surface area contributed by atoms with Crippen molar-refractivity contribution in [1.82, 2.24) is 15.1 Å². The Morgan fingerprint density at radius 1 is 1.21 bits per heavy atom. The van der Waals surface area contributed by atoms with E-state index in [4.69, 9.17) is 4.74 Å². The molecule has 6 nitrogen and oxygen atoms in total. The normalized spacial score (nSPS) is 31.7. The molecule has 2 fully saturated rings. The van der Waals surface area contributed by atoms with Crippen molar-refractivity contribution < 1.29 is 14.3 Å². The van der Waals surface area contributed by atoms with Crippen LogP contribution in [0, 0.1) is 0 Å². The molecule has 1 N–H and O–H groups in total. The van der Waals surface area contributed by atoms with Crippen LogP contribution in [0.4, 0.5) is 4.79 Å². The van der Waals surface area contributed by atoms with Crippen molar-refractivity contribution in [1.29, 1.82) is 0 Å². The third kappa shape index (κ3) is 3.06. The zero-order chi connectivity index (χ0) is 14.2. The summed E-state index contributed by atoms with van der Waals surface area (Å²) in [6.45, 7) is 10.4. The van der Waals surface area contributed by atoms with Crippen LogP contribution in [0.5, 0.6) is 0 Å². The second kappa shape index (κ2) is 5.09. The van der Waals surface area contributed by atoms with Crippen LogP contribution in [0.25, 0.3) is 0 Å². The lowest BCUT2D eigenvalue weighted by atomic mass is 10.1. The van der Waals surface area contributed by atoms with Crippen LogP contribution in [-0.2, 0) is 9.53 Å². The highest BCUT2D eigenvalue weighted by Crippen LogP contribution is 2.17. The summed E-state index contributed by atoms with van der Waals surface area (Å²) in [4.78, 5) is 27.3. The molecule has 2 heterocycles. The van der Waals surface area contributed by atoms with Gasteiger partial charge in [0.25, 0.3) is 5.91 Å².